The lowest BCUT2D eigenvalue weighted by Crippen LogP contribution is -2.29. The van der Waals surface area contributed by atoms with Crippen LogP contribution in [0.4, 0.5) is 0 Å². The van der Waals surface area contributed by atoms with Crippen LogP contribution in [0.2, 0.25) is 0 Å². The third-order valence-corrected chi connectivity index (χ3v) is 11.4. The van der Waals surface area contributed by atoms with E-state index in [1.54, 1.807) is 0 Å². The van der Waals surface area contributed by atoms with Crippen LogP contribution in [0.1, 0.15) is 219 Å². The fraction of sp³-hybridized carbons (Fsp3) is 0.800. The molecule has 0 saturated carbocycles. The molecule has 0 aliphatic rings. The van der Waals surface area contributed by atoms with Crippen molar-refractivity contribution in [1.82, 2.24) is 0 Å². The van der Waals surface area contributed by atoms with Gasteiger partial charge in [-0.3, -0.25) is 18.6 Å². The molecule has 3 atom stereocenters. The fourth-order valence-electron chi connectivity index (χ4n) is 6.68. The Balaban J connectivity index is 4.26. The third kappa shape index (κ3) is 45.8. The van der Waals surface area contributed by atoms with Crippen molar-refractivity contribution in [1.29, 1.82) is 0 Å². The number of aliphatic hydroxyl groups excluding tert-OH is 2. The minimum absolute atomic E-state index is 0.147. The van der Waals surface area contributed by atoms with Gasteiger partial charge in [-0.25, -0.2) is 4.57 Å². The number of phosphoric ester groups is 1. The molecule has 0 spiro atoms. The van der Waals surface area contributed by atoms with Gasteiger partial charge in [0.15, 0.2) is 6.10 Å². The predicted octanol–water partition coefficient (Wildman–Crippen LogP) is 13.7. The average Bonchev–Trinajstić information content (AvgIpc) is 3.25. The number of rotatable bonds is 46. The van der Waals surface area contributed by atoms with Crippen molar-refractivity contribution in [3.63, 3.8) is 0 Å². The second-order valence-electron chi connectivity index (χ2n) is 16.5. The number of allylic oxidation sites excluding steroid dienone is 8. The Morgan fingerprint density at radius 2 is 0.852 bits per heavy atom. The van der Waals surface area contributed by atoms with E-state index in [1.165, 1.54) is 122 Å². The zero-order valence-electron chi connectivity index (χ0n) is 38.9. The van der Waals surface area contributed by atoms with Crippen molar-refractivity contribution >= 4 is 19.8 Å². The second kappa shape index (κ2) is 45.9. The summed E-state index contributed by atoms with van der Waals surface area (Å²) in [5.41, 5.74) is 0. The summed E-state index contributed by atoms with van der Waals surface area (Å²) in [6.07, 6.45) is 50.7. The van der Waals surface area contributed by atoms with Crippen molar-refractivity contribution in [2.75, 3.05) is 26.4 Å². The Bertz CT molecular complexity index is 1150. The van der Waals surface area contributed by atoms with Gasteiger partial charge in [0.05, 0.1) is 19.8 Å². The van der Waals surface area contributed by atoms with Crippen LogP contribution in [0, 0.1) is 0 Å². The molecule has 0 saturated heterocycles. The van der Waals surface area contributed by atoms with Gasteiger partial charge >= 0.3 is 19.8 Å². The molecular weight excluding hydrogens is 792 g/mol. The standard InChI is InChI=1S/C50H91O10P/c1-3-5-7-9-11-13-15-17-19-21-23-25-27-29-31-33-35-37-39-41-49(53)57-45-48(46-59-61(55,56)58-44-47(52)43-51)60-50(54)42-40-38-36-34-32-30-28-26-24-22-20-18-16-14-12-10-8-6-4-2/h12,14,18,20,24,26,30,32,47-48,51-52H,3-11,13,15-17,19,21-23,25,27-29,31,33-46H2,1-2H3,(H,55,56)/b14-12-,20-18-,26-24-,32-30-/t47-,48+/m0/s1. The van der Waals surface area contributed by atoms with Gasteiger partial charge in [-0.1, -0.05) is 197 Å². The molecule has 0 rings (SSSR count). The van der Waals surface area contributed by atoms with Gasteiger partial charge in [0.2, 0.25) is 0 Å². The van der Waals surface area contributed by atoms with Gasteiger partial charge in [-0.15, -0.1) is 0 Å². The van der Waals surface area contributed by atoms with Crippen molar-refractivity contribution in [2.24, 2.45) is 0 Å². The van der Waals surface area contributed by atoms with Gasteiger partial charge in [-0.2, -0.15) is 0 Å². The summed E-state index contributed by atoms with van der Waals surface area (Å²) in [5.74, 6) is -0.954. The lowest BCUT2D eigenvalue weighted by molar-refractivity contribution is -0.161. The molecule has 1 unspecified atom stereocenters. The maximum Gasteiger partial charge on any atom is 0.472 e. The third-order valence-electron chi connectivity index (χ3n) is 10.5. The van der Waals surface area contributed by atoms with E-state index in [4.69, 9.17) is 23.6 Å². The first-order chi connectivity index (χ1) is 29.7. The first-order valence-electron chi connectivity index (χ1n) is 24.6. The number of ether oxygens (including phenoxy) is 2. The number of hydrogen-bond acceptors (Lipinski definition) is 9. The van der Waals surface area contributed by atoms with Crippen molar-refractivity contribution in [2.45, 2.75) is 232 Å². The Kier molecular flexibility index (Phi) is 44.4. The van der Waals surface area contributed by atoms with Gasteiger partial charge in [0.25, 0.3) is 0 Å². The number of unbranched alkanes of at least 4 members (excludes halogenated alkanes) is 24. The molecule has 0 aliphatic carbocycles. The monoisotopic (exact) mass is 883 g/mol. The topological polar surface area (TPSA) is 149 Å². The molecule has 0 aromatic heterocycles. The number of carbonyl (C=O) groups is 2. The van der Waals surface area contributed by atoms with Crippen LogP contribution >= 0.6 is 7.82 Å². The van der Waals surface area contributed by atoms with Crippen molar-refractivity contribution in [3.05, 3.63) is 48.6 Å². The first-order valence-corrected chi connectivity index (χ1v) is 26.1. The highest BCUT2D eigenvalue weighted by atomic mass is 31.2. The molecule has 10 nitrogen and oxygen atoms in total. The van der Waals surface area contributed by atoms with E-state index >= 15 is 0 Å². The predicted molar refractivity (Wildman–Crippen MR) is 251 cm³/mol. The smallest absolute Gasteiger partial charge is 0.462 e. The molecule has 0 fully saturated rings. The highest BCUT2D eigenvalue weighted by Crippen LogP contribution is 2.43. The normalized spacial score (nSPS) is 14.1. The van der Waals surface area contributed by atoms with Crippen LogP contribution in [0.15, 0.2) is 48.6 Å². The van der Waals surface area contributed by atoms with E-state index in [2.05, 4.69) is 62.5 Å². The average molecular weight is 883 g/mol. The van der Waals surface area contributed by atoms with Crippen LogP contribution in [-0.4, -0.2) is 65.7 Å². The van der Waals surface area contributed by atoms with E-state index in [0.717, 1.165) is 57.8 Å². The summed E-state index contributed by atoms with van der Waals surface area (Å²) in [5, 5.41) is 18.4. The molecule has 0 aliphatic heterocycles. The molecule has 0 amide bonds. The highest BCUT2D eigenvalue weighted by Gasteiger charge is 2.27. The van der Waals surface area contributed by atoms with E-state index in [-0.39, 0.29) is 19.4 Å². The van der Waals surface area contributed by atoms with Gasteiger partial charge < -0.3 is 24.6 Å². The molecular formula is C50H91O10P. The molecule has 0 radical (unpaired) electrons. The number of aliphatic hydroxyl groups is 2. The van der Waals surface area contributed by atoms with E-state index in [1.807, 2.05) is 0 Å². The SMILES string of the molecule is CCCCC/C=C\C/C=C\C/C=C\C/C=C\CCCCCC(=O)O[C@H](COC(=O)CCCCCCCCCCCCCCCCCCCCC)COP(=O)(O)OC[C@@H](O)CO. The number of phosphoric acid groups is 1. The van der Waals surface area contributed by atoms with Crippen LogP contribution in [0.5, 0.6) is 0 Å². The highest BCUT2D eigenvalue weighted by molar-refractivity contribution is 7.47. The summed E-state index contributed by atoms with van der Waals surface area (Å²) < 4.78 is 32.8. The lowest BCUT2D eigenvalue weighted by atomic mass is 10.0. The Morgan fingerprint density at radius 1 is 0.492 bits per heavy atom. The molecule has 0 bridgehead atoms. The van der Waals surface area contributed by atoms with Gasteiger partial charge in [0.1, 0.15) is 12.7 Å². The maximum atomic E-state index is 12.6. The number of hydrogen-bond donors (Lipinski definition) is 3. The zero-order valence-corrected chi connectivity index (χ0v) is 39.8. The first kappa shape index (κ1) is 58.9. The van der Waals surface area contributed by atoms with Crippen LogP contribution in [0.3, 0.4) is 0 Å². The number of esters is 2. The summed E-state index contributed by atoms with van der Waals surface area (Å²) in [4.78, 5) is 35.1. The van der Waals surface area contributed by atoms with Gasteiger partial charge in [-0.05, 0) is 57.8 Å². The molecule has 0 aromatic carbocycles. The second-order valence-corrected chi connectivity index (χ2v) is 17.9. The van der Waals surface area contributed by atoms with Crippen molar-refractivity contribution < 1.29 is 47.8 Å². The maximum absolute atomic E-state index is 12.6. The van der Waals surface area contributed by atoms with Gasteiger partial charge in [0, 0.05) is 12.8 Å². The molecule has 61 heavy (non-hydrogen) atoms. The molecule has 11 heteroatoms. The minimum atomic E-state index is -4.63. The van der Waals surface area contributed by atoms with Crippen LogP contribution in [0.25, 0.3) is 0 Å². The zero-order chi connectivity index (χ0) is 44.8. The number of carbonyl (C=O) groups excluding carboxylic acids is 2. The van der Waals surface area contributed by atoms with E-state index in [0.29, 0.717) is 12.8 Å². The van der Waals surface area contributed by atoms with Crippen LogP contribution in [-0.2, 0) is 32.7 Å². The Morgan fingerprint density at radius 3 is 1.31 bits per heavy atom. The summed E-state index contributed by atoms with van der Waals surface area (Å²) in [6.45, 7) is 2.34. The van der Waals surface area contributed by atoms with Crippen LogP contribution < -0.4 is 0 Å². The summed E-state index contributed by atoms with van der Waals surface area (Å²) in [7, 11) is -4.63. The molecule has 0 aromatic rings. The quantitative estimate of drug-likeness (QED) is 0.0233. The molecule has 0 heterocycles. The molecule has 356 valence electrons. The minimum Gasteiger partial charge on any atom is -0.462 e. The summed E-state index contributed by atoms with van der Waals surface area (Å²) in [6, 6.07) is 0. The van der Waals surface area contributed by atoms with Crippen molar-refractivity contribution in [3.8, 4) is 0 Å². The largest absolute Gasteiger partial charge is 0.472 e. The summed E-state index contributed by atoms with van der Waals surface area (Å²) >= 11 is 0. The fourth-order valence-corrected chi connectivity index (χ4v) is 7.47. The lowest BCUT2D eigenvalue weighted by Gasteiger charge is -2.20. The molecule has 3 N–H and O–H groups in total. The van der Waals surface area contributed by atoms with E-state index in [9.17, 15) is 24.2 Å². The Hall–Kier alpha value is -2.07. The Labute approximate surface area is 373 Å². The van der Waals surface area contributed by atoms with E-state index < -0.39 is 51.8 Å².